The average molecular weight is 491 g/mol. The van der Waals surface area contributed by atoms with Crippen LogP contribution in [-0.4, -0.2) is 52.3 Å². The summed E-state index contributed by atoms with van der Waals surface area (Å²) < 4.78 is 0. The summed E-state index contributed by atoms with van der Waals surface area (Å²) in [6.45, 7) is 2.55. The SMILES string of the molecule is C[C@H](C(=O)Nc1ncc(C2CCC2)s1)c1cccc(-c2cnc(NC(=O)/C=C/CN(C)C)cn2)c1. The maximum atomic E-state index is 12.9. The first kappa shape index (κ1) is 24.7. The van der Waals surface area contributed by atoms with Crippen molar-refractivity contribution in [3.8, 4) is 11.3 Å². The van der Waals surface area contributed by atoms with Crippen molar-refractivity contribution >= 4 is 34.1 Å². The van der Waals surface area contributed by atoms with E-state index in [0.717, 1.165) is 11.1 Å². The molecule has 1 saturated carbocycles. The van der Waals surface area contributed by atoms with Gasteiger partial charge in [0.15, 0.2) is 10.9 Å². The molecule has 4 rings (SSSR count). The highest BCUT2D eigenvalue weighted by atomic mass is 32.1. The minimum absolute atomic E-state index is 0.0943. The van der Waals surface area contributed by atoms with Gasteiger partial charge in [-0.2, -0.15) is 0 Å². The molecule has 0 radical (unpaired) electrons. The summed E-state index contributed by atoms with van der Waals surface area (Å²) in [6.07, 6.45) is 12.0. The second-order valence-electron chi connectivity index (χ2n) is 8.97. The van der Waals surface area contributed by atoms with E-state index in [0.29, 0.717) is 29.1 Å². The standard InChI is InChI=1S/C26H30N6O2S/c1-17(25(34)31-26-29-15-22(35-26)18-7-4-8-18)19-9-5-10-20(13-19)21-14-28-23(16-27-21)30-24(33)11-6-12-32(2)3/h5-6,9-11,13-18H,4,7-8,12H2,1-3H3,(H,28,30,33)(H,29,31,34)/b11-6+/t17-/m0/s1. The Labute approximate surface area is 209 Å². The van der Waals surface area contributed by atoms with E-state index in [1.165, 1.54) is 36.4 Å². The number of thiazole rings is 1. The molecule has 0 spiro atoms. The Hall–Kier alpha value is -3.43. The van der Waals surface area contributed by atoms with Crippen molar-refractivity contribution in [3.05, 3.63) is 65.4 Å². The van der Waals surface area contributed by atoms with Gasteiger partial charge in [-0.1, -0.05) is 30.7 Å². The molecule has 0 aliphatic heterocycles. The lowest BCUT2D eigenvalue weighted by Crippen LogP contribution is -2.18. The van der Waals surface area contributed by atoms with Gasteiger partial charge in [-0.25, -0.2) is 9.97 Å². The zero-order valence-electron chi connectivity index (χ0n) is 20.2. The number of nitrogens with one attached hydrogen (secondary N) is 2. The van der Waals surface area contributed by atoms with Crippen LogP contribution in [0.5, 0.6) is 0 Å². The van der Waals surface area contributed by atoms with Gasteiger partial charge in [0.1, 0.15) is 0 Å². The van der Waals surface area contributed by atoms with Crippen LogP contribution in [0.2, 0.25) is 0 Å². The first-order valence-electron chi connectivity index (χ1n) is 11.7. The van der Waals surface area contributed by atoms with Crippen molar-refractivity contribution < 1.29 is 9.59 Å². The van der Waals surface area contributed by atoms with Gasteiger partial charge in [0, 0.05) is 29.3 Å². The fraction of sp³-hybridized carbons (Fsp3) is 0.346. The molecule has 1 aliphatic rings. The molecule has 1 fully saturated rings. The quantitative estimate of drug-likeness (QED) is 0.423. The first-order chi connectivity index (χ1) is 16.9. The number of aromatic nitrogens is 3. The highest BCUT2D eigenvalue weighted by Gasteiger charge is 2.23. The molecule has 0 bridgehead atoms. The van der Waals surface area contributed by atoms with Gasteiger partial charge < -0.3 is 15.5 Å². The molecule has 2 aromatic heterocycles. The summed E-state index contributed by atoms with van der Waals surface area (Å²) in [4.78, 5) is 41.2. The summed E-state index contributed by atoms with van der Waals surface area (Å²) >= 11 is 1.57. The van der Waals surface area contributed by atoms with Gasteiger partial charge in [-0.05, 0) is 51.4 Å². The Kier molecular flexibility index (Phi) is 7.99. The van der Waals surface area contributed by atoms with Crippen LogP contribution in [0.15, 0.2) is 55.0 Å². The van der Waals surface area contributed by atoms with E-state index in [9.17, 15) is 9.59 Å². The summed E-state index contributed by atoms with van der Waals surface area (Å²) in [7, 11) is 3.86. The number of amides is 2. The summed E-state index contributed by atoms with van der Waals surface area (Å²) in [5, 5.41) is 6.32. The number of likely N-dealkylation sites (N-methyl/N-ethyl adjacent to an activating group) is 1. The molecule has 9 heteroatoms. The topological polar surface area (TPSA) is 100 Å². The van der Waals surface area contributed by atoms with Crippen molar-refractivity contribution in [2.75, 3.05) is 31.3 Å². The minimum Gasteiger partial charge on any atom is -0.306 e. The maximum Gasteiger partial charge on any atom is 0.249 e. The maximum absolute atomic E-state index is 12.9. The normalized spacial score (nSPS) is 14.6. The highest BCUT2D eigenvalue weighted by Crippen LogP contribution is 2.40. The van der Waals surface area contributed by atoms with Gasteiger partial charge in [0.05, 0.1) is 24.0 Å². The molecule has 2 heterocycles. The number of carbonyl (C=O) groups is 2. The van der Waals surface area contributed by atoms with E-state index in [4.69, 9.17) is 0 Å². The van der Waals surface area contributed by atoms with Crippen molar-refractivity contribution in [1.29, 1.82) is 0 Å². The van der Waals surface area contributed by atoms with Gasteiger partial charge >= 0.3 is 0 Å². The molecule has 1 aliphatic carbocycles. The Morgan fingerprint density at radius 3 is 2.66 bits per heavy atom. The molecule has 0 unspecified atom stereocenters. The second-order valence-corrected chi connectivity index (χ2v) is 10.0. The van der Waals surface area contributed by atoms with Crippen LogP contribution in [0.3, 0.4) is 0 Å². The Morgan fingerprint density at radius 2 is 1.97 bits per heavy atom. The van der Waals surface area contributed by atoms with Crippen molar-refractivity contribution in [1.82, 2.24) is 19.9 Å². The fourth-order valence-corrected chi connectivity index (χ4v) is 4.63. The molecule has 8 nitrogen and oxygen atoms in total. The lowest BCUT2D eigenvalue weighted by atomic mass is 9.85. The van der Waals surface area contributed by atoms with Gasteiger partial charge in [-0.3, -0.25) is 14.6 Å². The van der Waals surface area contributed by atoms with Crippen LogP contribution in [0.4, 0.5) is 10.9 Å². The third kappa shape index (κ3) is 6.58. The van der Waals surface area contributed by atoms with E-state index in [1.807, 2.05) is 56.4 Å². The van der Waals surface area contributed by atoms with E-state index < -0.39 is 0 Å². The summed E-state index contributed by atoms with van der Waals surface area (Å²) in [6, 6.07) is 7.70. The Bertz CT molecular complexity index is 1200. The molecular formula is C26H30N6O2S. The molecule has 35 heavy (non-hydrogen) atoms. The van der Waals surface area contributed by atoms with Gasteiger partial charge in [0.2, 0.25) is 11.8 Å². The number of benzene rings is 1. The molecule has 0 saturated heterocycles. The van der Waals surface area contributed by atoms with Crippen molar-refractivity contribution in [2.45, 2.75) is 38.0 Å². The number of nitrogens with zero attached hydrogens (tertiary/aromatic N) is 4. The molecule has 3 aromatic rings. The summed E-state index contributed by atoms with van der Waals surface area (Å²) in [5.74, 6) is 0.278. The van der Waals surface area contributed by atoms with Crippen LogP contribution >= 0.6 is 11.3 Å². The third-order valence-corrected chi connectivity index (χ3v) is 7.06. The first-order valence-corrected chi connectivity index (χ1v) is 12.5. The predicted molar refractivity (Wildman–Crippen MR) is 140 cm³/mol. The van der Waals surface area contributed by atoms with Crippen LogP contribution in [0.25, 0.3) is 11.3 Å². The zero-order chi connectivity index (χ0) is 24.8. The van der Waals surface area contributed by atoms with Crippen LogP contribution in [0, 0.1) is 0 Å². The minimum atomic E-state index is -0.355. The zero-order valence-corrected chi connectivity index (χ0v) is 21.0. The largest absolute Gasteiger partial charge is 0.306 e. The van der Waals surface area contributed by atoms with Crippen molar-refractivity contribution in [3.63, 3.8) is 0 Å². The predicted octanol–water partition coefficient (Wildman–Crippen LogP) is 4.67. The molecule has 2 amide bonds. The van der Waals surface area contributed by atoms with E-state index in [-0.39, 0.29) is 17.7 Å². The smallest absolute Gasteiger partial charge is 0.249 e. The van der Waals surface area contributed by atoms with Gasteiger partial charge in [-0.15, -0.1) is 11.3 Å². The van der Waals surface area contributed by atoms with E-state index in [2.05, 4.69) is 25.6 Å². The molecule has 2 N–H and O–H groups in total. The highest BCUT2D eigenvalue weighted by molar-refractivity contribution is 7.15. The van der Waals surface area contributed by atoms with Crippen LogP contribution in [0.1, 0.15) is 48.5 Å². The lowest BCUT2D eigenvalue weighted by Gasteiger charge is -2.23. The van der Waals surface area contributed by atoms with E-state index >= 15 is 0 Å². The molecular weight excluding hydrogens is 460 g/mol. The second kappa shape index (κ2) is 11.3. The van der Waals surface area contributed by atoms with Crippen LogP contribution in [-0.2, 0) is 9.59 Å². The number of carbonyl (C=O) groups excluding carboxylic acids is 2. The van der Waals surface area contributed by atoms with Crippen LogP contribution < -0.4 is 10.6 Å². The number of hydrogen-bond donors (Lipinski definition) is 2. The number of rotatable bonds is 9. The molecule has 1 atom stereocenters. The van der Waals surface area contributed by atoms with Gasteiger partial charge in [0.25, 0.3) is 0 Å². The summed E-state index contributed by atoms with van der Waals surface area (Å²) in [5.41, 5.74) is 2.38. The Morgan fingerprint density at radius 1 is 1.14 bits per heavy atom. The average Bonchev–Trinajstić information content (AvgIpc) is 3.25. The number of hydrogen-bond acceptors (Lipinski definition) is 7. The van der Waals surface area contributed by atoms with Crippen molar-refractivity contribution in [2.24, 2.45) is 0 Å². The Balaban J connectivity index is 1.37. The monoisotopic (exact) mass is 490 g/mol. The molecule has 1 aromatic carbocycles. The molecule has 182 valence electrons. The number of anilines is 2. The third-order valence-electron chi connectivity index (χ3n) is 5.98. The van der Waals surface area contributed by atoms with E-state index in [1.54, 1.807) is 23.6 Å². The lowest BCUT2D eigenvalue weighted by molar-refractivity contribution is -0.117. The fourth-order valence-electron chi connectivity index (χ4n) is 3.64.